The molecule has 0 aromatic rings. The fraction of sp³-hybridized carbons (Fsp3) is 1.00. The van der Waals surface area contributed by atoms with Gasteiger partial charge in [-0.25, -0.2) is 0 Å². The van der Waals surface area contributed by atoms with Gasteiger partial charge in [-0.15, -0.1) is 0 Å². The molecule has 108 valence electrons. The number of hydrogen-bond donors (Lipinski definition) is 1. The highest BCUT2D eigenvalue weighted by Gasteiger charge is 2.36. The average Bonchev–Trinajstić information content (AvgIpc) is 2.25. The second-order valence-electron chi connectivity index (χ2n) is 7.23. The Bertz CT molecular complexity index is 237. The van der Waals surface area contributed by atoms with Crippen molar-refractivity contribution in [1.82, 2.24) is 10.2 Å². The Morgan fingerprint density at radius 2 is 1.94 bits per heavy atom. The van der Waals surface area contributed by atoms with Gasteiger partial charge >= 0.3 is 0 Å². The molecule has 0 aromatic heterocycles. The van der Waals surface area contributed by atoms with E-state index in [-0.39, 0.29) is 0 Å². The minimum Gasteiger partial charge on any atom is -0.312 e. The maximum absolute atomic E-state index is 3.78. The van der Waals surface area contributed by atoms with Gasteiger partial charge in [-0.1, -0.05) is 33.6 Å². The van der Waals surface area contributed by atoms with Crippen LogP contribution in [0.25, 0.3) is 0 Å². The van der Waals surface area contributed by atoms with Crippen molar-refractivity contribution in [2.24, 2.45) is 11.8 Å². The maximum Gasteiger partial charge on any atom is 0.0330 e. The maximum atomic E-state index is 3.78. The Hall–Kier alpha value is -0.0800. The van der Waals surface area contributed by atoms with Crippen LogP contribution in [0, 0.1) is 11.8 Å². The van der Waals surface area contributed by atoms with E-state index >= 15 is 0 Å². The summed E-state index contributed by atoms with van der Waals surface area (Å²) < 4.78 is 0. The predicted molar refractivity (Wildman–Crippen MR) is 81.0 cm³/mol. The fourth-order valence-electron chi connectivity index (χ4n) is 3.51. The molecule has 3 unspecified atom stereocenters. The molecule has 1 aliphatic carbocycles. The summed E-state index contributed by atoms with van der Waals surface area (Å²) >= 11 is 0. The zero-order chi connectivity index (χ0) is 13.8. The molecule has 1 rings (SSSR count). The summed E-state index contributed by atoms with van der Waals surface area (Å²) in [5, 5.41) is 3.78. The molecule has 1 saturated carbocycles. The molecule has 0 spiro atoms. The standard InChI is InChI=1S/C16H34N2/c1-13(2)10-15(4)17-12-16(18(5)6)9-7-8-14(3)11-16/h13-15,17H,7-12H2,1-6H3. The lowest BCUT2D eigenvalue weighted by Gasteiger charge is -2.46. The molecule has 1 aliphatic rings. The van der Waals surface area contributed by atoms with Crippen LogP contribution in [0.2, 0.25) is 0 Å². The summed E-state index contributed by atoms with van der Waals surface area (Å²) in [7, 11) is 4.51. The molecular weight excluding hydrogens is 220 g/mol. The Labute approximate surface area is 115 Å². The van der Waals surface area contributed by atoms with Gasteiger partial charge in [0.05, 0.1) is 0 Å². The van der Waals surface area contributed by atoms with Crippen molar-refractivity contribution in [3.8, 4) is 0 Å². The second kappa shape index (κ2) is 6.91. The largest absolute Gasteiger partial charge is 0.312 e. The molecular formula is C16H34N2. The lowest BCUT2D eigenvalue weighted by atomic mass is 9.75. The van der Waals surface area contributed by atoms with E-state index in [1.165, 1.54) is 32.1 Å². The van der Waals surface area contributed by atoms with E-state index in [0.29, 0.717) is 11.6 Å². The van der Waals surface area contributed by atoms with E-state index in [1.807, 2.05) is 0 Å². The third-order valence-electron chi connectivity index (χ3n) is 4.62. The fourth-order valence-corrected chi connectivity index (χ4v) is 3.51. The molecule has 2 heteroatoms. The molecule has 0 heterocycles. The first-order chi connectivity index (χ1) is 8.35. The van der Waals surface area contributed by atoms with Gasteiger partial charge in [-0.05, 0) is 52.1 Å². The van der Waals surface area contributed by atoms with Crippen molar-refractivity contribution in [1.29, 1.82) is 0 Å². The van der Waals surface area contributed by atoms with Gasteiger partial charge in [-0.3, -0.25) is 0 Å². The van der Waals surface area contributed by atoms with Crippen molar-refractivity contribution in [3.05, 3.63) is 0 Å². The van der Waals surface area contributed by atoms with Crippen LogP contribution >= 0.6 is 0 Å². The molecule has 0 aromatic carbocycles. The topological polar surface area (TPSA) is 15.3 Å². The zero-order valence-corrected chi connectivity index (χ0v) is 13.4. The summed E-state index contributed by atoms with van der Waals surface area (Å²) in [6.45, 7) is 10.5. The third kappa shape index (κ3) is 4.55. The Morgan fingerprint density at radius 1 is 1.28 bits per heavy atom. The summed E-state index contributed by atoms with van der Waals surface area (Å²) in [6, 6.07) is 0.638. The third-order valence-corrected chi connectivity index (χ3v) is 4.62. The lowest BCUT2D eigenvalue weighted by Crippen LogP contribution is -2.55. The quantitative estimate of drug-likeness (QED) is 0.780. The molecule has 1 N–H and O–H groups in total. The first-order valence-electron chi connectivity index (χ1n) is 7.76. The van der Waals surface area contributed by atoms with Crippen LogP contribution in [-0.2, 0) is 0 Å². The van der Waals surface area contributed by atoms with Crippen LogP contribution in [0.3, 0.4) is 0 Å². The van der Waals surface area contributed by atoms with Gasteiger partial charge in [0.1, 0.15) is 0 Å². The molecule has 0 saturated heterocycles. The number of hydrogen-bond acceptors (Lipinski definition) is 2. The van der Waals surface area contributed by atoms with E-state index in [4.69, 9.17) is 0 Å². The van der Waals surface area contributed by atoms with Gasteiger partial charge < -0.3 is 10.2 Å². The Balaban J connectivity index is 2.52. The zero-order valence-electron chi connectivity index (χ0n) is 13.4. The van der Waals surface area contributed by atoms with Crippen LogP contribution in [0.15, 0.2) is 0 Å². The van der Waals surface area contributed by atoms with Crippen molar-refractivity contribution in [3.63, 3.8) is 0 Å². The smallest absolute Gasteiger partial charge is 0.0330 e. The van der Waals surface area contributed by atoms with E-state index in [2.05, 4.69) is 52.0 Å². The minimum atomic E-state index is 0.392. The van der Waals surface area contributed by atoms with Gasteiger partial charge in [0.25, 0.3) is 0 Å². The van der Waals surface area contributed by atoms with E-state index in [9.17, 15) is 0 Å². The first kappa shape index (κ1) is 16.0. The summed E-state index contributed by atoms with van der Waals surface area (Å²) in [6.07, 6.45) is 6.78. The van der Waals surface area contributed by atoms with Crippen LogP contribution < -0.4 is 5.32 Å². The monoisotopic (exact) mass is 254 g/mol. The van der Waals surface area contributed by atoms with Gasteiger partial charge in [0, 0.05) is 18.1 Å². The highest BCUT2D eigenvalue weighted by atomic mass is 15.2. The molecule has 0 bridgehead atoms. The van der Waals surface area contributed by atoms with Crippen molar-refractivity contribution >= 4 is 0 Å². The Morgan fingerprint density at radius 3 is 2.44 bits per heavy atom. The summed E-state index contributed by atoms with van der Waals surface area (Å²) in [5.74, 6) is 1.66. The van der Waals surface area contributed by atoms with Crippen LogP contribution in [-0.4, -0.2) is 37.1 Å². The molecule has 0 amide bonds. The van der Waals surface area contributed by atoms with Crippen molar-refractivity contribution in [2.75, 3.05) is 20.6 Å². The first-order valence-corrected chi connectivity index (χ1v) is 7.76. The normalized spacial score (nSPS) is 31.0. The number of likely N-dealkylation sites (N-methyl/N-ethyl adjacent to an activating group) is 1. The van der Waals surface area contributed by atoms with Crippen LogP contribution in [0.5, 0.6) is 0 Å². The van der Waals surface area contributed by atoms with E-state index in [0.717, 1.165) is 18.4 Å². The average molecular weight is 254 g/mol. The number of nitrogens with zero attached hydrogens (tertiary/aromatic N) is 1. The van der Waals surface area contributed by atoms with Gasteiger partial charge in [0.15, 0.2) is 0 Å². The van der Waals surface area contributed by atoms with Crippen LogP contribution in [0.4, 0.5) is 0 Å². The molecule has 1 fully saturated rings. The molecule has 2 nitrogen and oxygen atoms in total. The number of nitrogens with one attached hydrogen (secondary N) is 1. The second-order valence-corrected chi connectivity index (χ2v) is 7.23. The van der Waals surface area contributed by atoms with E-state index in [1.54, 1.807) is 0 Å². The SMILES string of the molecule is CC(C)CC(C)NCC1(N(C)C)CCCC(C)C1. The Kier molecular flexibility index (Phi) is 6.13. The molecule has 18 heavy (non-hydrogen) atoms. The summed E-state index contributed by atoms with van der Waals surface area (Å²) in [4.78, 5) is 2.47. The van der Waals surface area contributed by atoms with Crippen LogP contribution in [0.1, 0.15) is 59.8 Å². The molecule has 0 radical (unpaired) electrons. The van der Waals surface area contributed by atoms with E-state index < -0.39 is 0 Å². The molecule has 3 atom stereocenters. The lowest BCUT2D eigenvalue weighted by molar-refractivity contribution is 0.0721. The minimum absolute atomic E-state index is 0.392. The van der Waals surface area contributed by atoms with Gasteiger partial charge in [-0.2, -0.15) is 0 Å². The van der Waals surface area contributed by atoms with Crippen molar-refractivity contribution < 1.29 is 0 Å². The predicted octanol–water partition coefficient (Wildman–Crippen LogP) is 3.52. The highest BCUT2D eigenvalue weighted by Crippen LogP contribution is 2.35. The van der Waals surface area contributed by atoms with Crippen molar-refractivity contribution in [2.45, 2.75) is 71.4 Å². The number of rotatable bonds is 6. The molecule has 0 aliphatic heterocycles. The summed E-state index contributed by atoms with van der Waals surface area (Å²) in [5.41, 5.74) is 0.392. The van der Waals surface area contributed by atoms with Gasteiger partial charge in [0.2, 0.25) is 0 Å². The highest BCUT2D eigenvalue weighted by molar-refractivity contribution is 4.95.